The van der Waals surface area contributed by atoms with Crippen LogP contribution in [0.25, 0.3) is 0 Å². The molecule has 1 unspecified atom stereocenters. The summed E-state index contributed by atoms with van der Waals surface area (Å²) in [5.74, 6) is 0.872. The lowest BCUT2D eigenvalue weighted by molar-refractivity contribution is 0.100. The molecule has 0 heterocycles. The fraction of sp³-hybridized carbons (Fsp3) is 0.625. The normalized spacial score (nSPS) is 12.4. The quantitative estimate of drug-likeness (QED) is 0.642. The highest BCUT2D eigenvalue weighted by atomic mass is 79.9. The maximum atomic E-state index is 5.71. The minimum absolute atomic E-state index is 0.355. The van der Waals surface area contributed by atoms with Crippen LogP contribution < -0.4 is 10.1 Å². The van der Waals surface area contributed by atoms with E-state index in [0.717, 1.165) is 36.2 Å². The number of halogens is 1. The van der Waals surface area contributed by atoms with Crippen LogP contribution in [0.3, 0.4) is 0 Å². The second kappa shape index (κ2) is 10.2. The largest absolute Gasteiger partial charge is 0.490 e. The highest BCUT2D eigenvalue weighted by Gasteiger charge is 2.08. The van der Waals surface area contributed by atoms with E-state index < -0.39 is 0 Å². The van der Waals surface area contributed by atoms with Crippen LogP contribution in [0.2, 0.25) is 0 Å². The molecule has 0 amide bonds. The van der Waals surface area contributed by atoms with Gasteiger partial charge in [-0.15, -0.1) is 0 Å². The van der Waals surface area contributed by atoms with Crippen molar-refractivity contribution in [1.82, 2.24) is 5.32 Å². The lowest BCUT2D eigenvalue weighted by atomic mass is 10.1. The van der Waals surface area contributed by atoms with Gasteiger partial charge in [-0.25, -0.2) is 0 Å². The summed E-state index contributed by atoms with van der Waals surface area (Å²) in [6.45, 7) is 9.50. The Labute approximate surface area is 131 Å². The van der Waals surface area contributed by atoms with Gasteiger partial charge < -0.3 is 14.8 Å². The summed E-state index contributed by atoms with van der Waals surface area (Å²) < 4.78 is 12.1. The summed E-state index contributed by atoms with van der Waals surface area (Å²) in [5.41, 5.74) is 1.26. The minimum Gasteiger partial charge on any atom is -0.490 e. The molecule has 1 aromatic rings. The van der Waals surface area contributed by atoms with Gasteiger partial charge in [0, 0.05) is 12.6 Å². The molecule has 4 heteroatoms. The second-order valence-electron chi connectivity index (χ2n) is 4.83. The van der Waals surface area contributed by atoms with Crippen molar-refractivity contribution < 1.29 is 9.47 Å². The Bertz CT molecular complexity index is 385. The predicted molar refractivity (Wildman–Crippen MR) is 87.5 cm³/mol. The van der Waals surface area contributed by atoms with Crippen molar-refractivity contribution in [3.8, 4) is 5.75 Å². The van der Waals surface area contributed by atoms with Crippen molar-refractivity contribution in [1.29, 1.82) is 0 Å². The van der Waals surface area contributed by atoms with E-state index in [-0.39, 0.29) is 0 Å². The van der Waals surface area contributed by atoms with E-state index in [2.05, 4.69) is 54.2 Å². The number of hydrogen-bond acceptors (Lipinski definition) is 3. The van der Waals surface area contributed by atoms with Gasteiger partial charge in [-0.3, -0.25) is 0 Å². The van der Waals surface area contributed by atoms with Gasteiger partial charge in [-0.1, -0.05) is 19.9 Å². The molecule has 0 radical (unpaired) electrons. The first kappa shape index (κ1) is 17.5. The molecule has 0 fully saturated rings. The van der Waals surface area contributed by atoms with Gasteiger partial charge in [-0.05, 0) is 59.9 Å². The molecule has 0 aliphatic heterocycles. The van der Waals surface area contributed by atoms with E-state index >= 15 is 0 Å². The van der Waals surface area contributed by atoms with Crippen molar-refractivity contribution in [2.45, 2.75) is 39.7 Å². The molecule has 0 aliphatic rings. The van der Waals surface area contributed by atoms with Gasteiger partial charge in [0.15, 0.2) is 0 Å². The maximum Gasteiger partial charge on any atom is 0.133 e. The predicted octanol–water partition coefficient (Wildman–Crippen LogP) is 4.32. The average molecular weight is 344 g/mol. The lowest BCUT2D eigenvalue weighted by Crippen LogP contribution is -2.19. The van der Waals surface area contributed by atoms with Gasteiger partial charge in [-0.2, -0.15) is 0 Å². The monoisotopic (exact) mass is 343 g/mol. The molecule has 1 atom stereocenters. The van der Waals surface area contributed by atoms with E-state index in [1.165, 1.54) is 5.56 Å². The fourth-order valence-electron chi connectivity index (χ4n) is 1.84. The highest BCUT2D eigenvalue weighted by Crippen LogP contribution is 2.28. The molecule has 0 saturated carbocycles. The lowest BCUT2D eigenvalue weighted by Gasteiger charge is -2.15. The zero-order valence-electron chi connectivity index (χ0n) is 12.7. The fourth-order valence-corrected chi connectivity index (χ4v) is 2.35. The van der Waals surface area contributed by atoms with Crippen LogP contribution >= 0.6 is 15.9 Å². The summed E-state index contributed by atoms with van der Waals surface area (Å²) in [4.78, 5) is 0. The van der Waals surface area contributed by atoms with Crippen molar-refractivity contribution in [3.05, 3.63) is 28.2 Å². The molecular formula is C16H26BrNO2. The zero-order valence-corrected chi connectivity index (χ0v) is 14.3. The van der Waals surface area contributed by atoms with Crippen molar-refractivity contribution >= 4 is 15.9 Å². The van der Waals surface area contributed by atoms with E-state index in [0.29, 0.717) is 19.3 Å². The first-order valence-electron chi connectivity index (χ1n) is 7.42. The summed E-state index contributed by atoms with van der Waals surface area (Å²) in [6, 6.07) is 6.60. The Hall–Kier alpha value is -0.580. The van der Waals surface area contributed by atoms with E-state index in [4.69, 9.17) is 9.47 Å². The number of ether oxygens (including phenoxy) is 2. The van der Waals surface area contributed by atoms with Gasteiger partial charge in [0.25, 0.3) is 0 Å². The standard InChI is InChI=1S/C16H26BrNO2/c1-4-8-18-13(3)14-6-7-16(15(17)12-14)20-11-10-19-9-5-2/h6-7,12-13,18H,4-5,8-11H2,1-3H3. The van der Waals surface area contributed by atoms with Crippen LogP contribution in [0.4, 0.5) is 0 Å². The molecule has 1 rings (SSSR count). The van der Waals surface area contributed by atoms with Crippen molar-refractivity contribution in [3.63, 3.8) is 0 Å². The molecule has 1 N–H and O–H groups in total. The van der Waals surface area contributed by atoms with Crippen molar-refractivity contribution in [2.75, 3.05) is 26.4 Å². The molecular weight excluding hydrogens is 318 g/mol. The molecule has 114 valence electrons. The molecule has 0 aliphatic carbocycles. The second-order valence-corrected chi connectivity index (χ2v) is 5.68. The van der Waals surface area contributed by atoms with Crippen molar-refractivity contribution in [2.24, 2.45) is 0 Å². The summed E-state index contributed by atoms with van der Waals surface area (Å²) in [5, 5.41) is 3.48. The van der Waals surface area contributed by atoms with E-state index in [1.807, 2.05) is 6.07 Å². The smallest absolute Gasteiger partial charge is 0.133 e. The zero-order chi connectivity index (χ0) is 14.8. The molecule has 0 aromatic heterocycles. The summed E-state index contributed by atoms with van der Waals surface area (Å²) in [6.07, 6.45) is 2.19. The Balaban J connectivity index is 2.46. The Morgan fingerprint density at radius 2 is 1.95 bits per heavy atom. The molecule has 0 saturated heterocycles. The SMILES string of the molecule is CCCNC(C)c1ccc(OCCOCCC)c(Br)c1. The maximum absolute atomic E-state index is 5.71. The van der Waals surface area contributed by atoms with Crippen LogP contribution in [0.5, 0.6) is 5.75 Å². The molecule has 1 aromatic carbocycles. The third kappa shape index (κ3) is 6.25. The highest BCUT2D eigenvalue weighted by molar-refractivity contribution is 9.10. The van der Waals surface area contributed by atoms with E-state index in [9.17, 15) is 0 Å². The summed E-state index contributed by atoms with van der Waals surface area (Å²) >= 11 is 3.57. The summed E-state index contributed by atoms with van der Waals surface area (Å²) in [7, 11) is 0. The van der Waals surface area contributed by atoms with Crippen LogP contribution in [0, 0.1) is 0 Å². The number of rotatable bonds is 10. The Kier molecular flexibility index (Phi) is 8.90. The minimum atomic E-state index is 0.355. The molecule has 20 heavy (non-hydrogen) atoms. The number of nitrogens with one attached hydrogen (secondary N) is 1. The van der Waals surface area contributed by atoms with Crippen LogP contribution in [-0.2, 0) is 4.74 Å². The van der Waals surface area contributed by atoms with Gasteiger partial charge >= 0.3 is 0 Å². The van der Waals surface area contributed by atoms with Gasteiger partial charge in [0.2, 0.25) is 0 Å². The number of benzene rings is 1. The molecule has 0 bridgehead atoms. The van der Waals surface area contributed by atoms with Crippen LogP contribution in [-0.4, -0.2) is 26.4 Å². The first-order valence-corrected chi connectivity index (χ1v) is 8.21. The van der Waals surface area contributed by atoms with Crippen LogP contribution in [0.1, 0.15) is 45.2 Å². The van der Waals surface area contributed by atoms with Gasteiger partial charge in [0.05, 0.1) is 11.1 Å². The third-order valence-electron chi connectivity index (χ3n) is 2.99. The van der Waals surface area contributed by atoms with Crippen LogP contribution in [0.15, 0.2) is 22.7 Å². The first-order chi connectivity index (χ1) is 9.69. The Morgan fingerprint density at radius 1 is 1.15 bits per heavy atom. The molecule has 3 nitrogen and oxygen atoms in total. The third-order valence-corrected chi connectivity index (χ3v) is 3.61. The topological polar surface area (TPSA) is 30.5 Å². The molecule has 0 spiro atoms. The number of hydrogen-bond donors (Lipinski definition) is 1. The average Bonchev–Trinajstić information content (AvgIpc) is 2.46. The van der Waals surface area contributed by atoms with Gasteiger partial charge in [0.1, 0.15) is 12.4 Å². The van der Waals surface area contributed by atoms with E-state index in [1.54, 1.807) is 0 Å². The Morgan fingerprint density at radius 3 is 2.60 bits per heavy atom.